The van der Waals surface area contributed by atoms with Crippen LogP contribution in [0.15, 0.2) is 34.9 Å². The molecular weight excluding hydrogens is 306 g/mol. The topological polar surface area (TPSA) is 42.2 Å². The van der Waals surface area contributed by atoms with E-state index in [1.54, 1.807) is 0 Å². The number of carbonyl (C=O) groups is 1. The van der Waals surface area contributed by atoms with E-state index in [2.05, 4.69) is 35.1 Å². The summed E-state index contributed by atoms with van der Waals surface area (Å²) in [6.45, 7) is 4.30. The maximum absolute atomic E-state index is 12.3. The Labute approximate surface area is 121 Å². The summed E-state index contributed by atoms with van der Waals surface area (Å²) in [5, 5.41) is 4.66. The van der Waals surface area contributed by atoms with Crippen LogP contribution in [0.2, 0.25) is 0 Å². The summed E-state index contributed by atoms with van der Waals surface area (Å²) in [7, 11) is 0. The van der Waals surface area contributed by atoms with Crippen molar-refractivity contribution in [1.29, 1.82) is 0 Å². The molecule has 0 saturated heterocycles. The number of rotatable bonds is 5. The molecule has 102 valence electrons. The molecule has 1 aromatic carbocycles. The predicted octanol–water partition coefficient (Wildman–Crippen LogP) is 3.97. The summed E-state index contributed by atoms with van der Waals surface area (Å²) in [5.74, 6) is 0.471. The summed E-state index contributed by atoms with van der Waals surface area (Å²) in [5.41, 5.74) is 1.34. The van der Waals surface area contributed by atoms with Gasteiger partial charge in [-0.15, -0.1) is 0 Å². The molecule has 1 atom stereocenters. The summed E-state index contributed by atoms with van der Waals surface area (Å²) >= 11 is 3.45. The third-order valence-corrected chi connectivity index (χ3v) is 3.78. The molecule has 0 aliphatic heterocycles. The second kappa shape index (κ2) is 6.24. The van der Waals surface area contributed by atoms with Gasteiger partial charge in [0.15, 0.2) is 0 Å². The zero-order valence-corrected chi connectivity index (χ0v) is 12.7. The molecule has 4 heteroatoms. The average molecular weight is 324 g/mol. The zero-order chi connectivity index (χ0) is 13.8. The maximum Gasteiger partial charge on any atom is 0.255 e. The SMILES string of the molecule is CC(C)CC(CBr)NC(=O)c1coc2ccccc12. The van der Waals surface area contributed by atoms with Gasteiger partial charge in [0.05, 0.1) is 5.56 Å². The number of nitrogens with one attached hydrogen (secondary N) is 1. The molecule has 0 spiro atoms. The number of fused-ring (bicyclic) bond motifs is 1. The van der Waals surface area contributed by atoms with E-state index >= 15 is 0 Å². The third kappa shape index (κ3) is 3.38. The fourth-order valence-corrected chi connectivity index (χ4v) is 2.57. The van der Waals surface area contributed by atoms with E-state index in [4.69, 9.17) is 4.42 Å². The number of carbonyl (C=O) groups excluding carboxylic acids is 1. The molecule has 0 aliphatic rings. The molecule has 19 heavy (non-hydrogen) atoms. The minimum absolute atomic E-state index is 0.0740. The Morgan fingerprint density at radius 1 is 1.37 bits per heavy atom. The number of amides is 1. The van der Waals surface area contributed by atoms with E-state index in [1.165, 1.54) is 6.26 Å². The number of furan rings is 1. The molecule has 0 radical (unpaired) electrons. The van der Waals surface area contributed by atoms with Crippen molar-refractivity contribution >= 4 is 32.8 Å². The molecule has 1 N–H and O–H groups in total. The minimum Gasteiger partial charge on any atom is -0.463 e. The third-order valence-electron chi connectivity index (χ3n) is 3.00. The lowest BCUT2D eigenvalue weighted by Gasteiger charge is -2.17. The van der Waals surface area contributed by atoms with Gasteiger partial charge >= 0.3 is 0 Å². The lowest BCUT2D eigenvalue weighted by molar-refractivity contribution is 0.0938. The van der Waals surface area contributed by atoms with Crippen molar-refractivity contribution in [2.45, 2.75) is 26.3 Å². The van der Waals surface area contributed by atoms with Crippen LogP contribution in [0.4, 0.5) is 0 Å². The van der Waals surface area contributed by atoms with Crippen molar-refractivity contribution in [2.75, 3.05) is 5.33 Å². The largest absolute Gasteiger partial charge is 0.463 e. The lowest BCUT2D eigenvalue weighted by Crippen LogP contribution is -2.36. The van der Waals surface area contributed by atoms with Gasteiger partial charge in [0.2, 0.25) is 0 Å². The van der Waals surface area contributed by atoms with Crippen LogP contribution in [-0.4, -0.2) is 17.3 Å². The number of halogens is 1. The van der Waals surface area contributed by atoms with Crippen LogP contribution in [0.25, 0.3) is 11.0 Å². The van der Waals surface area contributed by atoms with Crippen molar-refractivity contribution in [2.24, 2.45) is 5.92 Å². The molecule has 3 nitrogen and oxygen atoms in total. The Hall–Kier alpha value is -1.29. The Morgan fingerprint density at radius 3 is 2.79 bits per heavy atom. The zero-order valence-electron chi connectivity index (χ0n) is 11.2. The van der Waals surface area contributed by atoms with Crippen molar-refractivity contribution in [3.8, 4) is 0 Å². The fraction of sp³-hybridized carbons (Fsp3) is 0.400. The first-order valence-corrected chi connectivity index (χ1v) is 7.57. The molecular formula is C15H18BrNO2. The normalized spacial score (nSPS) is 12.8. The Kier molecular flexibility index (Phi) is 4.64. The molecule has 0 aliphatic carbocycles. The molecule has 1 unspecified atom stereocenters. The van der Waals surface area contributed by atoms with Crippen molar-refractivity contribution < 1.29 is 9.21 Å². The van der Waals surface area contributed by atoms with E-state index in [1.807, 2.05) is 24.3 Å². The van der Waals surface area contributed by atoms with Crippen LogP contribution >= 0.6 is 15.9 Å². The Balaban J connectivity index is 2.15. The smallest absolute Gasteiger partial charge is 0.255 e. The number of hydrogen-bond acceptors (Lipinski definition) is 2. The number of benzene rings is 1. The first-order valence-electron chi connectivity index (χ1n) is 6.45. The number of para-hydroxylation sites is 1. The minimum atomic E-state index is -0.0740. The highest BCUT2D eigenvalue weighted by molar-refractivity contribution is 9.09. The van der Waals surface area contributed by atoms with Gasteiger partial charge in [0.25, 0.3) is 5.91 Å². The monoisotopic (exact) mass is 323 g/mol. The van der Waals surface area contributed by atoms with E-state index in [-0.39, 0.29) is 11.9 Å². The quantitative estimate of drug-likeness (QED) is 0.846. The van der Waals surface area contributed by atoms with Crippen LogP contribution in [0, 0.1) is 5.92 Å². The Bertz CT molecular complexity index is 562. The van der Waals surface area contributed by atoms with Gasteiger partial charge in [-0.25, -0.2) is 0 Å². The van der Waals surface area contributed by atoms with Gasteiger partial charge in [-0.2, -0.15) is 0 Å². The first kappa shape index (κ1) is 14.1. The number of alkyl halides is 1. The highest BCUT2D eigenvalue weighted by atomic mass is 79.9. The molecule has 1 heterocycles. The van der Waals surface area contributed by atoms with Gasteiger partial charge in [-0.3, -0.25) is 4.79 Å². The van der Waals surface area contributed by atoms with Crippen LogP contribution in [0.3, 0.4) is 0 Å². The predicted molar refractivity (Wildman–Crippen MR) is 80.7 cm³/mol. The van der Waals surface area contributed by atoms with Gasteiger partial charge in [-0.1, -0.05) is 48.0 Å². The Morgan fingerprint density at radius 2 is 2.11 bits per heavy atom. The van der Waals surface area contributed by atoms with Gasteiger partial charge < -0.3 is 9.73 Å². The fourth-order valence-electron chi connectivity index (χ4n) is 2.15. The van der Waals surface area contributed by atoms with Crippen LogP contribution in [-0.2, 0) is 0 Å². The van der Waals surface area contributed by atoms with E-state index in [0.717, 1.165) is 22.7 Å². The molecule has 0 bridgehead atoms. The van der Waals surface area contributed by atoms with E-state index in [0.29, 0.717) is 11.5 Å². The summed E-state index contributed by atoms with van der Waals surface area (Å²) in [6.07, 6.45) is 2.48. The molecule has 1 aromatic heterocycles. The second-order valence-electron chi connectivity index (χ2n) is 5.10. The molecule has 0 fully saturated rings. The molecule has 2 aromatic rings. The average Bonchev–Trinajstić information content (AvgIpc) is 2.81. The molecule has 0 saturated carbocycles. The summed E-state index contributed by atoms with van der Waals surface area (Å²) in [6, 6.07) is 7.71. The maximum atomic E-state index is 12.3. The molecule has 2 rings (SSSR count). The van der Waals surface area contributed by atoms with Crippen LogP contribution in [0.1, 0.15) is 30.6 Å². The highest BCUT2D eigenvalue weighted by Gasteiger charge is 2.17. The van der Waals surface area contributed by atoms with Crippen molar-refractivity contribution in [3.63, 3.8) is 0 Å². The van der Waals surface area contributed by atoms with Gasteiger partial charge in [0.1, 0.15) is 11.8 Å². The number of hydrogen-bond donors (Lipinski definition) is 1. The van der Waals surface area contributed by atoms with E-state index in [9.17, 15) is 4.79 Å². The van der Waals surface area contributed by atoms with Crippen molar-refractivity contribution in [3.05, 3.63) is 36.1 Å². The van der Waals surface area contributed by atoms with Crippen molar-refractivity contribution in [1.82, 2.24) is 5.32 Å². The first-order chi connectivity index (χ1) is 9.11. The lowest BCUT2D eigenvalue weighted by atomic mass is 10.0. The van der Waals surface area contributed by atoms with Crippen LogP contribution in [0.5, 0.6) is 0 Å². The molecule has 1 amide bonds. The summed E-state index contributed by atoms with van der Waals surface area (Å²) < 4.78 is 5.39. The second-order valence-corrected chi connectivity index (χ2v) is 5.75. The van der Waals surface area contributed by atoms with E-state index < -0.39 is 0 Å². The van der Waals surface area contributed by atoms with Gasteiger partial charge in [0, 0.05) is 16.8 Å². The van der Waals surface area contributed by atoms with Crippen LogP contribution < -0.4 is 5.32 Å². The van der Waals surface area contributed by atoms with Gasteiger partial charge in [-0.05, 0) is 18.4 Å². The summed E-state index contributed by atoms with van der Waals surface area (Å²) in [4.78, 5) is 12.3. The highest BCUT2D eigenvalue weighted by Crippen LogP contribution is 2.21. The standard InChI is InChI=1S/C15H18BrNO2/c1-10(2)7-11(8-16)17-15(18)13-9-19-14-6-4-3-5-12(13)14/h3-6,9-11H,7-8H2,1-2H3,(H,17,18).